The minimum Gasteiger partial charge on any atom is -0.354 e. The van der Waals surface area contributed by atoms with Crippen molar-refractivity contribution in [3.63, 3.8) is 0 Å². The molecule has 5 heteroatoms. The summed E-state index contributed by atoms with van der Waals surface area (Å²) in [7, 11) is 1.84. The number of aromatic nitrogens is 1. The van der Waals surface area contributed by atoms with Gasteiger partial charge in [0.2, 0.25) is 0 Å². The van der Waals surface area contributed by atoms with Crippen molar-refractivity contribution in [2.24, 2.45) is 10.9 Å². The number of aryl methyl sites for hydroxylation is 2. The molecular formula is C16H28N4S. The van der Waals surface area contributed by atoms with Gasteiger partial charge in [0.1, 0.15) is 5.01 Å². The van der Waals surface area contributed by atoms with Crippen molar-refractivity contribution in [3.8, 4) is 0 Å². The topological polar surface area (TPSA) is 49.3 Å². The van der Waals surface area contributed by atoms with Crippen LogP contribution in [0.25, 0.3) is 0 Å². The highest BCUT2D eigenvalue weighted by Gasteiger charge is 2.20. The second-order valence-electron chi connectivity index (χ2n) is 5.95. The maximum atomic E-state index is 4.56. The van der Waals surface area contributed by atoms with Crippen molar-refractivity contribution < 1.29 is 0 Å². The van der Waals surface area contributed by atoms with Crippen LogP contribution in [0.5, 0.6) is 0 Å². The van der Waals surface area contributed by atoms with E-state index in [-0.39, 0.29) is 0 Å². The van der Waals surface area contributed by atoms with Gasteiger partial charge >= 0.3 is 0 Å². The Morgan fingerprint density at radius 2 is 2.00 bits per heavy atom. The van der Waals surface area contributed by atoms with Crippen molar-refractivity contribution in [1.29, 1.82) is 0 Å². The first kappa shape index (κ1) is 16.3. The molecule has 0 bridgehead atoms. The molecule has 2 rings (SSSR count). The quantitative estimate of drug-likeness (QED) is 0.662. The molecule has 118 valence electrons. The fraction of sp³-hybridized carbons (Fsp3) is 0.750. The highest BCUT2D eigenvalue weighted by molar-refractivity contribution is 7.11. The van der Waals surface area contributed by atoms with Crippen LogP contribution in [0.4, 0.5) is 0 Å². The van der Waals surface area contributed by atoms with Gasteiger partial charge in [-0.1, -0.05) is 13.3 Å². The van der Waals surface area contributed by atoms with Gasteiger partial charge in [-0.25, -0.2) is 4.98 Å². The van der Waals surface area contributed by atoms with E-state index >= 15 is 0 Å². The van der Waals surface area contributed by atoms with Gasteiger partial charge in [-0.05, 0) is 45.4 Å². The molecule has 0 aliphatic heterocycles. The number of guanidine groups is 1. The Morgan fingerprint density at radius 3 is 2.52 bits per heavy atom. The van der Waals surface area contributed by atoms with E-state index in [2.05, 4.69) is 41.4 Å². The van der Waals surface area contributed by atoms with Crippen LogP contribution in [0.1, 0.15) is 54.6 Å². The van der Waals surface area contributed by atoms with Crippen LogP contribution in [0.15, 0.2) is 4.99 Å². The number of rotatable bonds is 4. The summed E-state index contributed by atoms with van der Waals surface area (Å²) in [4.78, 5) is 10.2. The highest BCUT2D eigenvalue weighted by atomic mass is 32.1. The third kappa shape index (κ3) is 4.70. The van der Waals surface area contributed by atoms with E-state index in [4.69, 9.17) is 0 Å². The van der Waals surface area contributed by atoms with Crippen molar-refractivity contribution in [2.45, 2.75) is 65.5 Å². The molecular weight excluding hydrogens is 280 g/mol. The lowest BCUT2D eigenvalue weighted by atomic mass is 9.84. The van der Waals surface area contributed by atoms with E-state index in [1.165, 1.54) is 37.0 Å². The molecule has 0 unspecified atom stereocenters. The molecule has 1 aliphatic carbocycles. The molecule has 2 N–H and O–H groups in total. The molecule has 4 nitrogen and oxygen atoms in total. The van der Waals surface area contributed by atoms with E-state index in [1.54, 1.807) is 11.3 Å². The van der Waals surface area contributed by atoms with Gasteiger partial charge in [0, 0.05) is 18.0 Å². The van der Waals surface area contributed by atoms with Crippen LogP contribution in [-0.2, 0) is 6.54 Å². The molecule has 1 aromatic rings. The van der Waals surface area contributed by atoms with E-state index < -0.39 is 0 Å². The number of nitrogens with zero attached hydrogens (tertiary/aromatic N) is 2. The smallest absolute Gasteiger partial charge is 0.191 e. The van der Waals surface area contributed by atoms with Gasteiger partial charge in [0.15, 0.2) is 5.96 Å². The standard InChI is InChI=1S/C16H28N4S/c1-5-13-6-8-14(9-7-13)20-16(17-4)18-10-15-19-11(2)12(3)21-15/h13-14H,5-10H2,1-4H3,(H2,17,18,20). The molecule has 0 amide bonds. The van der Waals surface area contributed by atoms with Gasteiger partial charge in [-0.2, -0.15) is 0 Å². The molecule has 1 fully saturated rings. The SMILES string of the molecule is CCC1CCC(NC(=NC)NCc2nc(C)c(C)s2)CC1. The third-order valence-corrected chi connectivity index (χ3v) is 5.54. The summed E-state index contributed by atoms with van der Waals surface area (Å²) in [5, 5.41) is 8.07. The average Bonchev–Trinajstić information content (AvgIpc) is 2.82. The molecule has 1 saturated carbocycles. The minimum atomic E-state index is 0.568. The molecule has 0 atom stereocenters. The third-order valence-electron chi connectivity index (χ3n) is 4.47. The van der Waals surface area contributed by atoms with E-state index in [9.17, 15) is 0 Å². The normalized spacial score (nSPS) is 23.1. The zero-order chi connectivity index (χ0) is 15.2. The maximum Gasteiger partial charge on any atom is 0.191 e. The van der Waals surface area contributed by atoms with Crippen LogP contribution in [0.3, 0.4) is 0 Å². The van der Waals surface area contributed by atoms with Crippen LogP contribution in [0, 0.1) is 19.8 Å². The van der Waals surface area contributed by atoms with E-state index in [0.29, 0.717) is 6.04 Å². The Labute approximate surface area is 132 Å². The highest BCUT2D eigenvalue weighted by Crippen LogP contribution is 2.26. The van der Waals surface area contributed by atoms with Crippen LogP contribution in [0.2, 0.25) is 0 Å². The van der Waals surface area contributed by atoms with Crippen molar-refractivity contribution >= 4 is 17.3 Å². The second kappa shape index (κ2) is 7.78. The molecule has 0 radical (unpaired) electrons. The molecule has 0 aromatic carbocycles. The molecule has 1 aromatic heterocycles. The Kier molecular flexibility index (Phi) is 6.03. The lowest BCUT2D eigenvalue weighted by Gasteiger charge is -2.29. The van der Waals surface area contributed by atoms with Crippen LogP contribution in [-0.4, -0.2) is 24.0 Å². The van der Waals surface area contributed by atoms with Crippen molar-refractivity contribution in [1.82, 2.24) is 15.6 Å². The maximum absolute atomic E-state index is 4.56. The molecule has 0 spiro atoms. The monoisotopic (exact) mass is 308 g/mol. The predicted molar refractivity (Wildman–Crippen MR) is 91.0 cm³/mol. The van der Waals surface area contributed by atoms with E-state index in [0.717, 1.165) is 29.1 Å². The molecule has 0 saturated heterocycles. The Morgan fingerprint density at radius 1 is 1.29 bits per heavy atom. The second-order valence-corrected chi connectivity index (χ2v) is 7.23. The molecule has 1 aliphatic rings. The van der Waals surface area contributed by atoms with Gasteiger partial charge < -0.3 is 10.6 Å². The summed E-state index contributed by atoms with van der Waals surface area (Å²) in [6.45, 7) is 7.24. The first-order valence-electron chi connectivity index (χ1n) is 8.02. The lowest BCUT2D eigenvalue weighted by Crippen LogP contribution is -2.44. The van der Waals surface area contributed by atoms with Crippen LogP contribution < -0.4 is 10.6 Å². The predicted octanol–water partition coefficient (Wildman–Crippen LogP) is 3.39. The number of aliphatic imine (C=N–C) groups is 1. The van der Waals surface area contributed by atoms with Crippen LogP contribution >= 0.6 is 11.3 Å². The zero-order valence-electron chi connectivity index (χ0n) is 13.7. The molecule has 1 heterocycles. The summed E-state index contributed by atoms with van der Waals surface area (Å²) in [6.07, 6.45) is 6.53. The minimum absolute atomic E-state index is 0.568. The van der Waals surface area contributed by atoms with Gasteiger partial charge in [0.05, 0.1) is 12.2 Å². The number of hydrogen-bond acceptors (Lipinski definition) is 3. The van der Waals surface area contributed by atoms with Gasteiger partial charge in [-0.15, -0.1) is 11.3 Å². The number of hydrogen-bond donors (Lipinski definition) is 2. The summed E-state index contributed by atoms with van der Waals surface area (Å²) in [5.74, 6) is 1.83. The largest absolute Gasteiger partial charge is 0.354 e. The van der Waals surface area contributed by atoms with Gasteiger partial charge in [0.25, 0.3) is 0 Å². The summed E-state index contributed by atoms with van der Waals surface area (Å²) in [6, 6.07) is 0.568. The fourth-order valence-corrected chi connectivity index (χ4v) is 3.75. The van der Waals surface area contributed by atoms with Crippen molar-refractivity contribution in [2.75, 3.05) is 7.05 Å². The summed E-state index contributed by atoms with van der Waals surface area (Å²) >= 11 is 1.76. The van der Waals surface area contributed by atoms with Crippen molar-refractivity contribution in [3.05, 3.63) is 15.6 Å². The number of thiazole rings is 1. The van der Waals surface area contributed by atoms with E-state index in [1.807, 2.05) is 7.05 Å². The first-order valence-corrected chi connectivity index (χ1v) is 8.84. The zero-order valence-corrected chi connectivity index (χ0v) is 14.5. The molecule has 21 heavy (non-hydrogen) atoms. The summed E-state index contributed by atoms with van der Waals surface area (Å²) in [5.41, 5.74) is 1.14. The lowest BCUT2D eigenvalue weighted by molar-refractivity contribution is 0.304. The Balaban J connectivity index is 1.78. The first-order chi connectivity index (χ1) is 10.1. The number of nitrogens with one attached hydrogen (secondary N) is 2. The average molecular weight is 308 g/mol. The Hall–Kier alpha value is -1.10. The fourth-order valence-electron chi connectivity index (χ4n) is 2.88. The Bertz CT molecular complexity index is 453. The summed E-state index contributed by atoms with van der Waals surface area (Å²) < 4.78 is 0. The van der Waals surface area contributed by atoms with Gasteiger partial charge in [-0.3, -0.25) is 4.99 Å².